The number of nitrogens with zero attached hydrogens (tertiary/aromatic N) is 1. The largest absolute Gasteiger partial charge is 0.465 e. The SMILES string of the molecule is CCOC(=O)C12CCC(C)CC1(NNC(N)=O)N=C(c1ccccc1)S2. The van der Waals surface area contributed by atoms with Gasteiger partial charge in [0, 0.05) is 5.56 Å². The number of carbonyl (C=O) groups excluding carboxylic acids is 2. The number of urea groups is 1. The van der Waals surface area contributed by atoms with E-state index in [4.69, 9.17) is 15.5 Å². The van der Waals surface area contributed by atoms with Crippen LogP contribution in [0.3, 0.4) is 0 Å². The Morgan fingerprint density at radius 1 is 1.38 bits per heavy atom. The molecule has 0 spiro atoms. The lowest BCUT2D eigenvalue weighted by molar-refractivity contribution is -0.150. The molecule has 1 fully saturated rings. The molecule has 1 aromatic carbocycles. The Balaban J connectivity index is 2.07. The minimum Gasteiger partial charge on any atom is -0.465 e. The number of nitrogens with two attached hydrogens (primary N) is 1. The summed E-state index contributed by atoms with van der Waals surface area (Å²) >= 11 is 1.42. The highest BCUT2D eigenvalue weighted by Crippen LogP contribution is 2.55. The summed E-state index contributed by atoms with van der Waals surface area (Å²) in [5.74, 6) is 0.0181. The van der Waals surface area contributed by atoms with Crippen molar-refractivity contribution in [3.05, 3.63) is 35.9 Å². The number of hydrogen-bond acceptors (Lipinski definition) is 6. The Bertz CT molecular complexity index is 726. The van der Waals surface area contributed by atoms with Crippen LogP contribution in [0.1, 0.15) is 38.7 Å². The lowest BCUT2D eigenvalue weighted by atomic mass is 9.74. The highest BCUT2D eigenvalue weighted by Gasteiger charge is 2.65. The van der Waals surface area contributed by atoms with E-state index in [0.717, 1.165) is 17.0 Å². The molecule has 8 heteroatoms. The quantitative estimate of drug-likeness (QED) is 0.539. The summed E-state index contributed by atoms with van der Waals surface area (Å²) in [5, 5.41) is 0.756. The van der Waals surface area contributed by atoms with Gasteiger partial charge in [0.05, 0.1) is 6.61 Å². The van der Waals surface area contributed by atoms with Gasteiger partial charge in [-0.1, -0.05) is 49.0 Å². The fourth-order valence-electron chi connectivity index (χ4n) is 3.67. The van der Waals surface area contributed by atoms with E-state index in [-0.39, 0.29) is 12.6 Å². The molecule has 4 N–H and O–H groups in total. The van der Waals surface area contributed by atoms with Crippen molar-refractivity contribution in [2.24, 2.45) is 16.6 Å². The van der Waals surface area contributed by atoms with E-state index in [1.54, 1.807) is 6.92 Å². The average molecular weight is 376 g/mol. The van der Waals surface area contributed by atoms with Gasteiger partial charge < -0.3 is 10.5 Å². The Labute approximate surface area is 157 Å². The molecule has 1 heterocycles. The van der Waals surface area contributed by atoms with Crippen LogP contribution in [0.2, 0.25) is 0 Å². The number of rotatable bonds is 5. The molecule has 140 valence electrons. The van der Waals surface area contributed by atoms with Crippen LogP contribution in [0, 0.1) is 5.92 Å². The number of hydrogen-bond donors (Lipinski definition) is 3. The number of aliphatic imine (C=N–C) groups is 1. The lowest BCUT2D eigenvalue weighted by Gasteiger charge is -2.46. The van der Waals surface area contributed by atoms with E-state index in [1.165, 1.54) is 11.8 Å². The van der Waals surface area contributed by atoms with Crippen LogP contribution < -0.4 is 16.6 Å². The molecule has 0 aromatic heterocycles. The number of fused-ring (bicyclic) bond motifs is 1. The third kappa shape index (κ3) is 3.19. The highest BCUT2D eigenvalue weighted by molar-refractivity contribution is 8.16. The molecular formula is C18H24N4O3S. The molecule has 0 radical (unpaired) electrons. The second kappa shape index (κ2) is 7.28. The van der Waals surface area contributed by atoms with Crippen molar-refractivity contribution < 1.29 is 14.3 Å². The van der Waals surface area contributed by atoms with Crippen LogP contribution in [0.25, 0.3) is 0 Å². The average Bonchev–Trinajstić information content (AvgIpc) is 2.97. The molecule has 3 atom stereocenters. The number of carbonyl (C=O) groups is 2. The smallest absolute Gasteiger partial charge is 0.326 e. The van der Waals surface area contributed by atoms with Crippen molar-refractivity contribution in [3.63, 3.8) is 0 Å². The zero-order chi connectivity index (χ0) is 18.8. The molecule has 1 aliphatic heterocycles. The minimum absolute atomic E-state index is 0.288. The van der Waals surface area contributed by atoms with Gasteiger partial charge in [0.15, 0.2) is 10.4 Å². The summed E-state index contributed by atoms with van der Waals surface area (Å²) in [4.78, 5) is 29.3. The maximum Gasteiger partial charge on any atom is 0.326 e. The summed E-state index contributed by atoms with van der Waals surface area (Å²) in [7, 11) is 0. The number of nitrogens with one attached hydrogen (secondary N) is 2. The van der Waals surface area contributed by atoms with Crippen molar-refractivity contribution in [3.8, 4) is 0 Å². The number of ether oxygens (including phenoxy) is 1. The normalized spacial score (nSPS) is 30.2. The summed E-state index contributed by atoms with van der Waals surface area (Å²) in [6.07, 6.45) is 2.07. The van der Waals surface area contributed by atoms with Gasteiger partial charge in [-0.2, -0.15) is 0 Å². The van der Waals surface area contributed by atoms with Gasteiger partial charge in [0.25, 0.3) is 0 Å². The van der Waals surface area contributed by atoms with Crippen LogP contribution in [0.5, 0.6) is 0 Å². The monoisotopic (exact) mass is 376 g/mol. The van der Waals surface area contributed by atoms with Gasteiger partial charge in [0.2, 0.25) is 0 Å². The predicted octanol–water partition coefficient (Wildman–Crippen LogP) is 2.17. The predicted molar refractivity (Wildman–Crippen MR) is 102 cm³/mol. The van der Waals surface area contributed by atoms with E-state index in [1.807, 2.05) is 30.3 Å². The lowest BCUT2D eigenvalue weighted by Crippen LogP contribution is -2.68. The second-order valence-electron chi connectivity index (χ2n) is 6.76. The first-order valence-electron chi connectivity index (χ1n) is 8.76. The number of esters is 1. The molecule has 1 aliphatic carbocycles. The third-order valence-electron chi connectivity index (χ3n) is 4.88. The topological polar surface area (TPSA) is 106 Å². The molecule has 26 heavy (non-hydrogen) atoms. The Morgan fingerprint density at radius 2 is 2.12 bits per heavy atom. The summed E-state index contributed by atoms with van der Waals surface area (Å²) in [6.45, 7) is 4.19. The molecule has 3 rings (SSSR count). The Morgan fingerprint density at radius 3 is 2.77 bits per heavy atom. The molecule has 7 nitrogen and oxygen atoms in total. The Kier molecular flexibility index (Phi) is 5.24. The van der Waals surface area contributed by atoms with Crippen LogP contribution in [0.15, 0.2) is 35.3 Å². The van der Waals surface area contributed by atoms with E-state index >= 15 is 0 Å². The molecule has 1 aromatic rings. The molecular weight excluding hydrogens is 352 g/mol. The zero-order valence-electron chi connectivity index (χ0n) is 15.0. The molecule has 0 bridgehead atoms. The summed E-state index contributed by atoms with van der Waals surface area (Å²) in [5.41, 5.74) is 10.6. The first-order valence-corrected chi connectivity index (χ1v) is 9.58. The van der Waals surface area contributed by atoms with Gasteiger partial charge in [-0.25, -0.2) is 10.2 Å². The van der Waals surface area contributed by atoms with Crippen LogP contribution >= 0.6 is 11.8 Å². The van der Waals surface area contributed by atoms with E-state index in [9.17, 15) is 9.59 Å². The van der Waals surface area contributed by atoms with Crippen LogP contribution in [-0.4, -0.2) is 34.1 Å². The van der Waals surface area contributed by atoms with Crippen molar-refractivity contribution in [1.82, 2.24) is 10.9 Å². The zero-order valence-corrected chi connectivity index (χ0v) is 15.8. The summed E-state index contributed by atoms with van der Waals surface area (Å²) in [6, 6.07) is 9.00. The van der Waals surface area contributed by atoms with Gasteiger partial charge in [0.1, 0.15) is 5.04 Å². The molecule has 3 unspecified atom stereocenters. The molecule has 2 aliphatic rings. The number of benzene rings is 1. The maximum atomic E-state index is 13.0. The minimum atomic E-state index is -0.998. The first-order chi connectivity index (χ1) is 12.4. The van der Waals surface area contributed by atoms with Gasteiger partial charge >= 0.3 is 12.0 Å². The van der Waals surface area contributed by atoms with Crippen molar-refractivity contribution in [1.29, 1.82) is 0 Å². The summed E-state index contributed by atoms with van der Waals surface area (Å²) < 4.78 is 4.48. The maximum absolute atomic E-state index is 13.0. The number of hydrazine groups is 1. The number of primary amides is 1. The van der Waals surface area contributed by atoms with E-state index in [2.05, 4.69) is 17.8 Å². The fraction of sp³-hybridized carbons (Fsp3) is 0.500. The van der Waals surface area contributed by atoms with Crippen LogP contribution in [0.4, 0.5) is 4.79 Å². The van der Waals surface area contributed by atoms with Gasteiger partial charge in [-0.05, 0) is 32.1 Å². The van der Waals surface area contributed by atoms with Crippen molar-refractivity contribution in [2.75, 3.05) is 6.61 Å². The Hall–Kier alpha value is -2.06. The standard InChI is InChI=1S/C18H24N4O3S/c1-3-25-15(23)17-10-9-12(2)11-18(17,22-21-16(19)24)20-14(26-17)13-7-5-4-6-8-13/h4-8,12,22H,3,9-11H2,1-2H3,(H3,19,21,24). The van der Waals surface area contributed by atoms with Crippen molar-refractivity contribution >= 4 is 28.8 Å². The van der Waals surface area contributed by atoms with Crippen LogP contribution in [-0.2, 0) is 9.53 Å². The van der Waals surface area contributed by atoms with E-state index < -0.39 is 16.4 Å². The fourth-order valence-corrected chi connectivity index (χ4v) is 5.17. The third-order valence-corrected chi connectivity index (χ3v) is 6.46. The highest BCUT2D eigenvalue weighted by atomic mass is 32.2. The van der Waals surface area contributed by atoms with Crippen molar-refractivity contribution in [2.45, 2.75) is 43.5 Å². The number of thioether (sulfide) groups is 1. The van der Waals surface area contributed by atoms with Gasteiger partial charge in [-0.3, -0.25) is 15.2 Å². The van der Waals surface area contributed by atoms with E-state index in [0.29, 0.717) is 18.8 Å². The van der Waals surface area contributed by atoms with Gasteiger partial charge in [-0.15, -0.1) is 0 Å². The first kappa shape index (κ1) is 18.7. The molecule has 1 saturated carbocycles. The second-order valence-corrected chi connectivity index (χ2v) is 8.04. The molecule has 0 saturated heterocycles. The number of amides is 2. The molecule has 2 amide bonds.